The lowest BCUT2D eigenvalue weighted by Gasteiger charge is -2.19. The molecule has 0 bridgehead atoms. The second-order valence-corrected chi connectivity index (χ2v) is 9.57. The summed E-state index contributed by atoms with van der Waals surface area (Å²) >= 11 is 1.55. The SMILES string of the molecule is CC(Sc1nnc(-c2ccc(C(C)(C)C)cc2)n1C)c1nnc(-c2ccccc2)o1. The summed E-state index contributed by atoms with van der Waals surface area (Å²) in [5.41, 5.74) is 3.37. The van der Waals surface area contributed by atoms with E-state index in [1.807, 2.05) is 48.9 Å². The summed E-state index contributed by atoms with van der Waals surface area (Å²) < 4.78 is 7.88. The van der Waals surface area contributed by atoms with Crippen molar-refractivity contribution < 1.29 is 4.42 Å². The first-order valence-electron chi connectivity index (χ1n) is 9.89. The van der Waals surface area contributed by atoms with Crippen LogP contribution in [-0.4, -0.2) is 25.0 Å². The Hall–Kier alpha value is -2.93. The zero-order chi connectivity index (χ0) is 21.3. The van der Waals surface area contributed by atoms with Crippen molar-refractivity contribution in [2.75, 3.05) is 0 Å². The standard InChI is InChI=1S/C23H25N5OS/c1-15(20-25-26-21(29-20)17-9-7-6-8-10-17)30-22-27-24-19(28(22)5)16-11-13-18(14-12-16)23(2,3)4/h6-15H,1-5H3. The van der Waals surface area contributed by atoms with E-state index < -0.39 is 0 Å². The average molecular weight is 420 g/mol. The summed E-state index contributed by atoms with van der Waals surface area (Å²) in [7, 11) is 1.98. The van der Waals surface area contributed by atoms with Gasteiger partial charge in [0.15, 0.2) is 11.0 Å². The topological polar surface area (TPSA) is 69.6 Å². The van der Waals surface area contributed by atoms with Crippen LogP contribution < -0.4 is 0 Å². The number of hydrogen-bond donors (Lipinski definition) is 0. The van der Waals surface area contributed by atoms with Gasteiger partial charge in [-0.25, -0.2) is 0 Å². The van der Waals surface area contributed by atoms with Crippen molar-refractivity contribution in [3.63, 3.8) is 0 Å². The molecule has 30 heavy (non-hydrogen) atoms. The largest absolute Gasteiger partial charge is 0.419 e. The van der Waals surface area contributed by atoms with Crippen LogP contribution in [0, 0.1) is 0 Å². The van der Waals surface area contributed by atoms with Gasteiger partial charge in [-0.05, 0) is 30.0 Å². The van der Waals surface area contributed by atoms with Crippen LogP contribution in [0.3, 0.4) is 0 Å². The number of benzene rings is 2. The number of rotatable bonds is 5. The first-order chi connectivity index (χ1) is 14.3. The Morgan fingerprint density at radius 2 is 1.57 bits per heavy atom. The van der Waals surface area contributed by atoms with E-state index in [9.17, 15) is 0 Å². The minimum Gasteiger partial charge on any atom is -0.419 e. The van der Waals surface area contributed by atoms with E-state index in [0.29, 0.717) is 11.8 Å². The molecule has 1 atom stereocenters. The van der Waals surface area contributed by atoms with Crippen LogP contribution in [0.15, 0.2) is 64.2 Å². The highest BCUT2D eigenvalue weighted by Crippen LogP contribution is 2.35. The van der Waals surface area contributed by atoms with E-state index in [2.05, 4.69) is 65.4 Å². The molecule has 0 saturated carbocycles. The molecule has 0 aliphatic carbocycles. The van der Waals surface area contributed by atoms with Crippen molar-refractivity contribution in [3.05, 3.63) is 66.1 Å². The molecular formula is C23H25N5OS. The van der Waals surface area contributed by atoms with E-state index in [-0.39, 0.29) is 10.7 Å². The van der Waals surface area contributed by atoms with Crippen LogP contribution in [0.5, 0.6) is 0 Å². The van der Waals surface area contributed by atoms with Gasteiger partial charge in [-0.15, -0.1) is 20.4 Å². The van der Waals surface area contributed by atoms with E-state index in [4.69, 9.17) is 4.42 Å². The minimum atomic E-state index is -0.0472. The van der Waals surface area contributed by atoms with Crippen molar-refractivity contribution in [3.8, 4) is 22.8 Å². The zero-order valence-corrected chi connectivity index (χ0v) is 18.6. The number of thioether (sulfide) groups is 1. The molecular weight excluding hydrogens is 394 g/mol. The maximum Gasteiger partial charge on any atom is 0.247 e. The fourth-order valence-electron chi connectivity index (χ4n) is 3.09. The van der Waals surface area contributed by atoms with Gasteiger partial charge in [-0.3, -0.25) is 0 Å². The predicted octanol–water partition coefficient (Wildman–Crippen LogP) is 5.68. The summed E-state index contributed by atoms with van der Waals surface area (Å²) in [4.78, 5) is 0. The summed E-state index contributed by atoms with van der Waals surface area (Å²) in [5.74, 6) is 1.93. The quantitative estimate of drug-likeness (QED) is 0.387. The predicted molar refractivity (Wildman–Crippen MR) is 119 cm³/mol. The second kappa shape index (κ2) is 8.07. The van der Waals surface area contributed by atoms with Gasteiger partial charge in [0, 0.05) is 18.2 Å². The number of nitrogens with zero attached hydrogens (tertiary/aromatic N) is 5. The lowest BCUT2D eigenvalue weighted by Crippen LogP contribution is -2.10. The third-order valence-corrected chi connectivity index (χ3v) is 6.06. The molecule has 2 aromatic heterocycles. The van der Waals surface area contributed by atoms with Crippen molar-refractivity contribution in [2.45, 2.75) is 43.5 Å². The highest BCUT2D eigenvalue weighted by Gasteiger charge is 2.21. The summed E-state index contributed by atoms with van der Waals surface area (Å²) in [6, 6.07) is 18.3. The van der Waals surface area contributed by atoms with Gasteiger partial charge in [-0.2, -0.15) is 0 Å². The molecule has 0 aliphatic heterocycles. The van der Waals surface area contributed by atoms with Crippen LogP contribution in [-0.2, 0) is 12.5 Å². The van der Waals surface area contributed by atoms with Gasteiger partial charge in [0.2, 0.25) is 11.8 Å². The number of hydrogen-bond acceptors (Lipinski definition) is 6. The Morgan fingerprint density at radius 3 is 2.23 bits per heavy atom. The fraction of sp³-hybridized carbons (Fsp3) is 0.304. The Labute approximate surface area is 180 Å². The highest BCUT2D eigenvalue weighted by atomic mass is 32.2. The molecule has 4 aromatic rings. The van der Waals surface area contributed by atoms with Gasteiger partial charge in [-0.1, -0.05) is 75.0 Å². The minimum absolute atomic E-state index is 0.0472. The maximum absolute atomic E-state index is 5.88. The third-order valence-electron chi connectivity index (χ3n) is 4.94. The zero-order valence-electron chi connectivity index (χ0n) is 17.8. The van der Waals surface area contributed by atoms with Crippen molar-refractivity contribution in [2.24, 2.45) is 7.05 Å². The second-order valence-electron chi connectivity index (χ2n) is 8.26. The maximum atomic E-state index is 5.88. The molecule has 0 N–H and O–H groups in total. The first-order valence-corrected chi connectivity index (χ1v) is 10.8. The molecule has 0 radical (unpaired) electrons. The molecule has 2 aromatic carbocycles. The Bertz CT molecular complexity index is 1130. The molecule has 154 valence electrons. The van der Waals surface area contributed by atoms with Gasteiger partial charge in [0.25, 0.3) is 0 Å². The lowest BCUT2D eigenvalue weighted by molar-refractivity contribution is 0.508. The summed E-state index contributed by atoms with van der Waals surface area (Å²) in [6.07, 6.45) is 0. The lowest BCUT2D eigenvalue weighted by atomic mass is 9.87. The molecule has 2 heterocycles. The van der Waals surface area contributed by atoms with E-state index in [0.717, 1.165) is 22.1 Å². The Balaban J connectivity index is 1.51. The summed E-state index contributed by atoms with van der Waals surface area (Å²) in [5, 5.41) is 17.9. The van der Waals surface area contributed by atoms with Crippen molar-refractivity contribution in [1.29, 1.82) is 0 Å². The molecule has 4 rings (SSSR count). The molecule has 0 amide bonds. The van der Waals surface area contributed by atoms with Crippen LogP contribution in [0.25, 0.3) is 22.8 Å². The normalized spacial score (nSPS) is 12.8. The monoisotopic (exact) mass is 419 g/mol. The van der Waals surface area contributed by atoms with Gasteiger partial charge >= 0.3 is 0 Å². The van der Waals surface area contributed by atoms with Crippen LogP contribution in [0.2, 0.25) is 0 Å². The highest BCUT2D eigenvalue weighted by molar-refractivity contribution is 7.99. The van der Waals surface area contributed by atoms with Gasteiger partial charge in [0.05, 0.1) is 5.25 Å². The molecule has 0 saturated heterocycles. The van der Waals surface area contributed by atoms with Gasteiger partial charge < -0.3 is 8.98 Å². The van der Waals surface area contributed by atoms with Crippen molar-refractivity contribution in [1.82, 2.24) is 25.0 Å². The molecule has 0 aliphatic rings. The molecule has 6 nitrogen and oxygen atoms in total. The van der Waals surface area contributed by atoms with E-state index in [1.54, 1.807) is 11.8 Å². The fourth-order valence-corrected chi connectivity index (χ4v) is 3.94. The van der Waals surface area contributed by atoms with Crippen LogP contribution >= 0.6 is 11.8 Å². The molecule has 0 fully saturated rings. The van der Waals surface area contributed by atoms with Crippen LogP contribution in [0.1, 0.15) is 44.4 Å². The van der Waals surface area contributed by atoms with E-state index in [1.165, 1.54) is 5.56 Å². The Kier molecular flexibility index (Phi) is 5.47. The Morgan fingerprint density at radius 1 is 0.867 bits per heavy atom. The smallest absolute Gasteiger partial charge is 0.247 e. The molecule has 0 spiro atoms. The average Bonchev–Trinajstić information content (AvgIpc) is 3.36. The number of aromatic nitrogens is 5. The molecule has 1 unspecified atom stereocenters. The summed E-state index contributed by atoms with van der Waals surface area (Å²) in [6.45, 7) is 8.66. The first kappa shape index (κ1) is 20.3. The van der Waals surface area contributed by atoms with Crippen molar-refractivity contribution >= 4 is 11.8 Å². The van der Waals surface area contributed by atoms with Gasteiger partial charge in [0.1, 0.15) is 0 Å². The molecule has 7 heteroatoms. The van der Waals surface area contributed by atoms with E-state index >= 15 is 0 Å². The van der Waals surface area contributed by atoms with Crippen LogP contribution in [0.4, 0.5) is 0 Å². The third kappa shape index (κ3) is 4.16.